The predicted molar refractivity (Wildman–Crippen MR) is 92.3 cm³/mol. The Morgan fingerprint density at radius 3 is 2.42 bits per heavy atom. The Balaban J connectivity index is 1.53. The molecular formula is C19H21FN2O2. The summed E-state index contributed by atoms with van der Waals surface area (Å²) in [5, 5.41) is 6.12. The molecule has 0 aromatic heterocycles. The van der Waals surface area contributed by atoms with Crippen molar-refractivity contribution in [3.63, 3.8) is 0 Å². The highest BCUT2D eigenvalue weighted by Gasteiger charge is 2.21. The van der Waals surface area contributed by atoms with Crippen molar-refractivity contribution in [3.8, 4) is 0 Å². The Morgan fingerprint density at radius 1 is 1.04 bits per heavy atom. The second kappa shape index (κ2) is 7.93. The van der Waals surface area contributed by atoms with E-state index >= 15 is 0 Å². The van der Waals surface area contributed by atoms with Gasteiger partial charge in [-0.05, 0) is 43.2 Å². The molecule has 1 aliphatic rings. The molecule has 2 N–H and O–H groups in total. The fraction of sp³-hybridized carbons (Fsp3) is 0.316. The van der Waals surface area contributed by atoms with Crippen molar-refractivity contribution >= 4 is 17.3 Å². The van der Waals surface area contributed by atoms with E-state index in [-0.39, 0.29) is 17.6 Å². The number of carbonyl (C=O) groups excluding carboxylic acids is 1. The first-order valence-electron chi connectivity index (χ1n) is 8.18. The summed E-state index contributed by atoms with van der Waals surface area (Å²) in [4.78, 5) is 12.2. The molecule has 24 heavy (non-hydrogen) atoms. The Bertz CT molecular complexity index is 682. The second-order valence-electron chi connectivity index (χ2n) is 5.90. The summed E-state index contributed by atoms with van der Waals surface area (Å²) in [5.41, 5.74) is 2.26. The zero-order valence-corrected chi connectivity index (χ0v) is 13.4. The van der Waals surface area contributed by atoms with Crippen LogP contribution < -0.4 is 10.6 Å². The lowest BCUT2D eigenvalue weighted by molar-refractivity contribution is -0.122. The molecule has 4 nitrogen and oxygen atoms in total. The molecule has 0 unspecified atom stereocenters. The molecular weight excluding hydrogens is 307 g/mol. The van der Waals surface area contributed by atoms with Gasteiger partial charge in [0.2, 0.25) is 5.91 Å². The highest BCUT2D eigenvalue weighted by Crippen LogP contribution is 2.19. The molecule has 5 heteroatoms. The summed E-state index contributed by atoms with van der Waals surface area (Å²) >= 11 is 0. The summed E-state index contributed by atoms with van der Waals surface area (Å²) in [6.07, 6.45) is 1.54. The van der Waals surface area contributed by atoms with Crippen LogP contribution in [0.2, 0.25) is 0 Å². The number of anilines is 2. The third kappa shape index (κ3) is 4.32. The van der Waals surface area contributed by atoms with E-state index in [9.17, 15) is 9.18 Å². The van der Waals surface area contributed by atoms with Crippen LogP contribution in [0.25, 0.3) is 0 Å². The van der Waals surface area contributed by atoms with Gasteiger partial charge in [0.1, 0.15) is 5.82 Å². The number of halogens is 1. The number of rotatable bonds is 5. The van der Waals surface area contributed by atoms with Gasteiger partial charge in [0.25, 0.3) is 0 Å². The first kappa shape index (κ1) is 16.5. The van der Waals surface area contributed by atoms with Crippen LogP contribution in [0.5, 0.6) is 0 Å². The highest BCUT2D eigenvalue weighted by molar-refractivity contribution is 5.92. The maximum Gasteiger partial charge on any atom is 0.227 e. The minimum Gasteiger partial charge on any atom is -0.381 e. The van der Waals surface area contributed by atoms with Gasteiger partial charge < -0.3 is 15.4 Å². The number of benzene rings is 2. The van der Waals surface area contributed by atoms with E-state index in [1.165, 1.54) is 6.07 Å². The normalized spacial score (nSPS) is 15.0. The predicted octanol–water partition coefficient (Wildman–Crippen LogP) is 3.80. The number of carbonyl (C=O) groups is 1. The van der Waals surface area contributed by atoms with Crippen LogP contribution in [-0.2, 0) is 16.1 Å². The third-order valence-electron chi connectivity index (χ3n) is 4.19. The lowest BCUT2D eigenvalue weighted by atomic mass is 9.99. The molecule has 3 rings (SSSR count). The maximum atomic E-state index is 13.6. The van der Waals surface area contributed by atoms with Crippen LogP contribution in [0.15, 0.2) is 48.5 Å². The molecule has 126 valence electrons. The second-order valence-corrected chi connectivity index (χ2v) is 5.90. The average molecular weight is 328 g/mol. The first-order chi connectivity index (χ1) is 11.7. The molecule has 2 aromatic carbocycles. The molecule has 0 spiro atoms. The quantitative estimate of drug-likeness (QED) is 0.878. The minimum atomic E-state index is -0.217. The summed E-state index contributed by atoms with van der Waals surface area (Å²) in [7, 11) is 0. The molecule has 0 aliphatic carbocycles. The standard InChI is InChI=1S/C19H21FN2O2/c20-18-4-2-1-3-15(18)13-21-16-5-7-17(8-6-16)22-19(23)14-9-11-24-12-10-14/h1-8,14,21H,9-13H2,(H,22,23). The average Bonchev–Trinajstić information content (AvgIpc) is 2.63. The van der Waals surface area contributed by atoms with Crippen molar-refractivity contribution in [3.05, 3.63) is 59.9 Å². The van der Waals surface area contributed by atoms with E-state index in [0.29, 0.717) is 25.3 Å². The summed E-state index contributed by atoms with van der Waals surface area (Å²) in [6, 6.07) is 14.1. The zero-order chi connectivity index (χ0) is 16.8. The van der Waals surface area contributed by atoms with Gasteiger partial charge in [0.15, 0.2) is 0 Å². The third-order valence-corrected chi connectivity index (χ3v) is 4.19. The van der Waals surface area contributed by atoms with Crippen molar-refractivity contribution in [1.29, 1.82) is 0 Å². The largest absolute Gasteiger partial charge is 0.381 e. The molecule has 2 aromatic rings. The molecule has 0 saturated carbocycles. The van der Waals surface area contributed by atoms with Crippen LogP contribution in [0, 0.1) is 11.7 Å². The molecule has 0 atom stereocenters. The SMILES string of the molecule is O=C(Nc1ccc(NCc2ccccc2F)cc1)C1CCOCC1. The lowest BCUT2D eigenvalue weighted by Gasteiger charge is -2.21. The van der Waals surface area contributed by atoms with Gasteiger partial charge in [-0.3, -0.25) is 4.79 Å². The summed E-state index contributed by atoms with van der Waals surface area (Å²) < 4.78 is 18.9. The molecule has 0 bridgehead atoms. The maximum absolute atomic E-state index is 13.6. The highest BCUT2D eigenvalue weighted by atomic mass is 19.1. The number of hydrogen-bond acceptors (Lipinski definition) is 3. The Labute approximate surface area is 141 Å². The molecule has 1 fully saturated rings. The topological polar surface area (TPSA) is 50.4 Å². The number of amides is 1. The molecule has 0 radical (unpaired) electrons. The number of ether oxygens (including phenoxy) is 1. The first-order valence-corrected chi connectivity index (χ1v) is 8.18. The number of hydrogen-bond donors (Lipinski definition) is 2. The van der Waals surface area contributed by atoms with E-state index in [0.717, 1.165) is 24.2 Å². The van der Waals surface area contributed by atoms with Gasteiger partial charge in [-0.15, -0.1) is 0 Å². The summed E-state index contributed by atoms with van der Waals surface area (Å²) in [6.45, 7) is 1.72. The number of nitrogens with one attached hydrogen (secondary N) is 2. The molecule has 1 saturated heterocycles. The molecule has 1 aliphatic heterocycles. The van der Waals surface area contributed by atoms with E-state index < -0.39 is 0 Å². The molecule has 1 heterocycles. The fourth-order valence-electron chi connectivity index (χ4n) is 2.71. The van der Waals surface area contributed by atoms with Crippen molar-refractivity contribution in [2.75, 3.05) is 23.8 Å². The van der Waals surface area contributed by atoms with Crippen LogP contribution in [-0.4, -0.2) is 19.1 Å². The van der Waals surface area contributed by atoms with Crippen LogP contribution in [0.4, 0.5) is 15.8 Å². The van der Waals surface area contributed by atoms with Crippen molar-refractivity contribution in [1.82, 2.24) is 0 Å². The van der Waals surface area contributed by atoms with Gasteiger partial charge in [-0.2, -0.15) is 0 Å². The van der Waals surface area contributed by atoms with E-state index in [1.807, 2.05) is 30.3 Å². The van der Waals surface area contributed by atoms with E-state index in [1.54, 1.807) is 12.1 Å². The minimum absolute atomic E-state index is 0.0256. The van der Waals surface area contributed by atoms with Gasteiger partial charge >= 0.3 is 0 Å². The van der Waals surface area contributed by atoms with Crippen LogP contribution in [0.3, 0.4) is 0 Å². The zero-order valence-electron chi connectivity index (χ0n) is 13.4. The Kier molecular flexibility index (Phi) is 5.43. The Morgan fingerprint density at radius 2 is 1.71 bits per heavy atom. The van der Waals surface area contributed by atoms with Crippen molar-refractivity contribution in [2.24, 2.45) is 5.92 Å². The van der Waals surface area contributed by atoms with E-state index in [2.05, 4.69) is 10.6 Å². The monoisotopic (exact) mass is 328 g/mol. The van der Waals surface area contributed by atoms with Crippen LogP contribution in [0.1, 0.15) is 18.4 Å². The summed E-state index contributed by atoms with van der Waals surface area (Å²) in [5.74, 6) is -0.145. The van der Waals surface area contributed by atoms with Crippen LogP contribution >= 0.6 is 0 Å². The van der Waals surface area contributed by atoms with Gasteiger partial charge in [0.05, 0.1) is 0 Å². The van der Waals surface area contributed by atoms with Gasteiger partial charge in [0, 0.05) is 42.6 Å². The lowest BCUT2D eigenvalue weighted by Crippen LogP contribution is -2.28. The Hall–Kier alpha value is -2.40. The van der Waals surface area contributed by atoms with E-state index in [4.69, 9.17) is 4.74 Å². The fourth-order valence-corrected chi connectivity index (χ4v) is 2.71. The smallest absolute Gasteiger partial charge is 0.227 e. The molecule has 1 amide bonds. The van der Waals surface area contributed by atoms with Gasteiger partial charge in [-0.1, -0.05) is 18.2 Å². The van der Waals surface area contributed by atoms with Gasteiger partial charge in [-0.25, -0.2) is 4.39 Å². The van der Waals surface area contributed by atoms with Crippen molar-refractivity contribution < 1.29 is 13.9 Å². The van der Waals surface area contributed by atoms with Crippen molar-refractivity contribution in [2.45, 2.75) is 19.4 Å².